The van der Waals surface area contributed by atoms with E-state index >= 15 is 0 Å². The number of hydrogen-bond acceptors (Lipinski definition) is 2. The zero-order chi connectivity index (χ0) is 23.7. The predicted molar refractivity (Wildman–Crippen MR) is 133 cm³/mol. The predicted octanol–water partition coefficient (Wildman–Crippen LogP) is 8.35. The van der Waals surface area contributed by atoms with E-state index in [1.54, 1.807) is 11.1 Å². The highest BCUT2D eigenvalue weighted by Crippen LogP contribution is 2.71. The van der Waals surface area contributed by atoms with Crippen LogP contribution in [0.3, 0.4) is 0 Å². The fourth-order valence-corrected chi connectivity index (χ4v) is 8.99. The zero-order valence-electron chi connectivity index (χ0n) is 21.9. The number of aliphatic hydroxyl groups is 1. The average molecular weight is 439 g/mol. The Morgan fingerprint density at radius 1 is 1.09 bits per heavy atom. The van der Waals surface area contributed by atoms with Crippen molar-refractivity contribution in [2.45, 2.75) is 107 Å². The second-order valence-corrected chi connectivity index (χ2v) is 13.1. The normalized spacial score (nSPS) is 41.4. The Labute approximate surface area is 196 Å². The molecule has 0 spiro atoms. The molecule has 6 atom stereocenters. The summed E-state index contributed by atoms with van der Waals surface area (Å²) in [5.41, 5.74) is 4.61. The highest BCUT2D eigenvalue weighted by molar-refractivity contribution is 5.99. The quantitative estimate of drug-likeness (QED) is 0.448. The van der Waals surface area contributed by atoms with E-state index in [0.29, 0.717) is 5.41 Å². The van der Waals surface area contributed by atoms with E-state index < -0.39 is 5.41 Å². The van der Waals surface area contributed by atoms with E-state index in [-0.39, 0.29) is 28.3 Å². The van der Waals surface area contributed by atoms with Crippen molar-refractivity contribution < 1.29 is 9.90 Å². The van der Waals surface area contributed by atoms with Crippen LogP contribution in [0.2, 0.25) is 0 Å². The van der Waals surface area contributed by atoms with Gasteiger partial charge in [-0.15, -0.1) is 0 Å². The number of carbonyl (C=O) groups excluding carboxylic acids is 1. The first-order valence-electron chi connectivity index (χ1n) is 13.1. The molecule has 4 aliphatic carbocycles. The molecule has 4 rings (SSSR count). The number of rotatable bonds is 4. The Kier molecular flexibility index (Phi) is 5.66. The molecule has 0 amide bonds. The van der Waals surface area contributed by atoms with Crippen molar-refractivity contribution in [2.24, 2.45) is 39.4 Å². The third-order valence-electron chi connectivity index (χ3n) is 11.0. The molecule has 2 heteroatoms. The fraction of sp³-hybridized carbons (Fsp3) is 0.767. The number of aliphatic hydroxyl groups excluding tert-OH is 1. The van der Waals surface area contributed by atoms with Gasteiger partial charge < -0.3 is 5.11 Å². The van der Waals surface area contributed by atoms with Gasteiger partial charge in [-0.3, -0.25) is 4.79 Å². The van der Waals surface area contributed by atoms with Crippen LogP contribution >= 0.6 is 0 Å². The molecular formula is C30H46O2. The lowest BCUT2D eigenvalue weighted by Gasteiger charge is -2.59. The molecule has 1 fully saturated rings. The molecule has 0 bridgehead atoms. The first-order chi connectivity index (χ1) is 14.8. The summed E-state index contributed by atoms with van der Waals surface area (Å²) in [6.07, 6.45) is 14.0. The van der Waals surface area contributed by atoms with Crippen molar-refractivity contribution in [3.63, 3.8) is 0 Å². The summed E-state index contributed by atoms with van der Waals surface area (Å²) < 4.78 is 0. The van der Waals surface area contributed by atoms with Gasteiger partial charge in [0.05, 0.1) is 0 Å². The maximum Gasteiger partial charge on any atom is 0.202 e. The monoisotopic (exact) mass is 438 g/mol. The number of fused-ring (bicyclic) bond motifs is 4. The summed E-state index contributed by atoms with van der Waals surface area (Å²) in [6.45, 7) is 18.5. The summed E-state index contributed by atoms with van der Waals surface area (Å²) in [5.74, 6) is 1.75. The summed E-state index contributed by atoms with van der Waals surface area (Å²) in [7, 11) is 0. The lowest BCUT2D eigenvalue weighted by molar-refractivity contribution is -0.133. The van der Waals surface area contributed by atoms with Crippen LogP contribution in [0.1, 0.15) is 107 Å². The van der Waals surface area contributed by atoms with Crippen molar-refractivity contribution >= 4 is 5.78 Å². The first-order valence-corrected chi connectivity index (χ1v) is 13.1. The summed E-state index contributed by atoms with van der Waals surface area (Å²) in [6, 6.07) is 0. The standard InChI is InChI=1S/C30H46O2/c1-19(2)10-9-11-20(3)21-14-16-30(8)23-12-13-25-27(4,5)26(32)24(31)18-28(25,6)22(23)15-17-29(21,30)7/h10,18,20-21,25,31H,9,11-17H2,1-8H3/t20-,21-,25+,28+,29+,30+/m0/s1. The van der Waals surface area contributed by atoms with Gasteiger partial charge >= 0.3 is 0 Å². The fourth-order valence-electron chi connectivity index (χ4n) is 8.99. The molecule has 2 nitrogen and oxygen atoms in total. The number of ketones is 1. The lowest BCUT2D eigenvalue weighted by atomic mass is 9.44. The average Bonchev–Trinajstić information content (AvgIpc) is 2.97. The second-order valence-electron chi connectivity index (χ2n) is 13.1. The largest absolute Gasteiger partial charge is 0.505 e. The second kappa shape index (κ2) is 7.60. The Balaban J connectivity index is 1.71. The van der Waals surface area contributed by atoms with Crippen molar-refractivity contribution in [3.8, 4) is 0 Å². The third-order valence-corrected chi connectivity index (χ3v) is 11.0. The molecule has 0 heterocycles. The zero-order valence-corrected chi connectivity index (χ0v) is 21.9. The van der Waals surface area contributed by atoms with Gasteiger partial charge in [-0.1, -0.05) is 64.3 Å². The molecule has 32 heavy (non-hydrogen) atoms. The molecule has 0 aromatic carbocycles. The minimum Gasteiger partial charge on any atom is -0.505 e. The van der Waals surface area contributed by atoms with Gasteiger partial charge in [-0.25, -0.2) is 0 Å². The van der Waals surface area contributed by atoms with Gasteiger partial charge in [0.1, 0.15) is 0 Å². The van der Waals surface area contributed by atoms with E-state index in [0.717, 1.165) is 31.1 Å². The molecule has 1 N–H and O–H groups in total. The maximum atomic E-state index is 12.8. The summed E-state index contributed by atoms with van der Waals surface area (Å²) >= 11 is 0. The van der Waals surface area contributed by atoms with E-state index in [2.05, 4.69) is 61.5 Å². The molecular weight excluding hydrogens is 392 g/mol. The molecule has 0 aromatic rings. The van der Waals surface area contributed by atoms with Crippen LogP contribution in [0.25, 0.3) is 0 Å². The van der Waals surface area contributed by atoms with Crippen molar-refractivity contribution in [3.05, 3.63) is 34.6 Å². The highest BCUT2D eigenvalue weighted by atomic mass is 16.3. The summed E-state index contributed by atoms with van der Waals surface area (Å²) in [5, 5.41) is 10.6. The highest BCUT2D eigenvalue weighted by Gasteiger charge is 2.63. The topological polar surface area (TPSA) is 37.3 Å². The number of hydrogen-bond donors (Lipinski definition) is 1. The maximum absolute atomic E-state index is 12.8. The van der Waals surface area contributed by atoms with Crippen molar-refractivity contribution in [1.82, 2.24) is 0 Å². The van der Waals surface area contributed by atoms with Gasteiger partial charge in [0.25, 0.3) is 0 Å². The molecule has 0 aliphatic heterocycles. The van der Waals surface area contributed by atoms with Gasteiger partial charge in [-0.2, -0.15) is 0 Å². The van der Waals surface area contributed by atoms with Crippen LogP contribution in [0.4, 0.5) is 0 Å². The van der Waals surface area contributed by atoms with Crippen molar-refractivity contribution in [1.29, 1.82) is 0 Å². The molecule has 0 saturated heterocycles. The molecule has 4 aliphatic rings. The Morgan fingerprint density at radius 3 is 2.44 bits per heavy atom. The lowest BCUT2D eigenvalue weighted by Crippen LogP contribution is -2.53. The third kappa shape index (κ3) is 3.14. The van der Waals surface area contributed by atoms with E-state index in [4.69, 9.17) is 0 Å². The van der Waals surface area contributed by atoms with Crippen LogP contribution in [0, 0.1) is 39.4 Å². The van der Waals surface area contributed by atoms with E-state index in [1.807, 2.05) is 6.08 Å². The molecule has 0 aromatic heterocycles. The van der Waals surface area contributed by atoms with Gasteiger partial charge in [0.2, 0.25) is 5.78 Å². The van der Waals surface area contributed by atoms with Gasteiger partial charge in [0.15, 0.2) is 5.76 Å². The molecule has 0 unspecified atom stereocenters. The SMILES string of the molecule is CC(C)=CCC[C@H](C)[C@@H]1CC[C@]2(C)C3=C(CC[C@]12C)[C@@]1(C)C=C(O)C(=O)C(C)(C)[C@H]1CC3. The van der Waals surface area contributed by atoms with Crippen LogP contribution in [0.15, 0.2) is 34.6 Å². The van der Waals surface area contributed by atoms with Crippen LogP contribution in [-0.4, -0.2) is 10.9 Å². The van der Waals surface area contributed by atoms with Crippen molar-refractivity contribution in [2.75, 3.05) is 0 Å². The Bertz CT molecular complexity index is 898. The minimum atomic E-state index is -0.495. The number of allylic oxidation sites excluding steroid dienone is 6. The van der Waals surface area contributed by atoms with E-state index in [1.165, 1.54) is 37.7 Å². The number of carbonyl (C=O) groups is 1. The molecule has 1 saturated carbocycles. The van der Waals surface area contributed by atoms with Gasteiger partial charge in [-0.05, 0) is 99.9 Å². The van der Waals surface area contributed by atoms with Crippen LogP contribution in [0.5, 0.6) is 0 Å². The molecule has 0 radical (unpaired) electrons. The van der Waals surface area contributed by atoms with Crippen LogP contribution in [-0.2, 0) is 4.79 Å². The Hall–Kier alpha value is -1.31. The van der Waals surface area contributed by atoms with E-state index in [9.17, 15) is 9.90 Å². The Morgan fingerprint density at radius 2 is 1.78 bits per heavy atom. The molecule has 178 valence electrons. The summed E-state index contributed by atoms with van der Waals surface area (Å²) in [4.78, 5) is 12.8. The minimum absolute atomic E-state index is 0.00168. The van der Waals surface area contributed by atoms with Gasteiger partial charge in [0, 0.05) is 10.8 Å². The number of Topliss-reactive ketones (excluding diaryl/α,β-unsaturated/α-hetero) is 1. The smallest absolute Gasteiger partial charge is 0.202 e. The first kappa shape index (κ1) is 23.8. The van der Waals surface area contributed by atoms with Crippen LogP contribution < -0.4 is 0 Å².